The second-order valence-electron chi connectivity index (χ2n) is 9.08. The summed E-state index contributed by atoms with van der Waals surface area (Å²) in [4.78, 5) is 26.6. The van der Waals surface area contributed by atoms with Crippen molar-refractivity contribution < 1.29 is 29.5 Å². The normalized spacial score (nSPS) is 13.2. The Bertz CT molecular complexity index is 1920. The van der Waals surface area contributed by atoms with Crippen molar-refractivity contribution in [3.63, 3.8) is 0 Å². The van der Waals surface area contributed by atoms with Gasteiger partial charge in [0.05, 0.1) is 38.7 Å². The molecular weight excluding hydrogens is 464 g/mol. The zero-order valence-corrected chi connectivity index (χ0v) is 20.0. The fraction of sp³-hybridized carbons (Fsp3) is 0.214. The lowest BCUT2D eigenvalue weighted by atomic mass is 9.82. The summed E-state index contributed by atoms with van der Waals surface area (Å²) in [6.07, 6.45) is 2.21. The van der Waals surface area contributed by atoms with Gasteiger partial charge in [0.15, 0.2) is 22.4 Å². The first-order valence-electron chi connectivity index (χ1n) is 11.3. The molecule has 5 aromatic carbocycles. The third-order valence-corrected chi connectivity index (χ3v) is 7.31. The molecular formula is C28H22O8. The smallest absolute Gasteiger partial charge is 0.194 e. The number of allylic oxidation sites excluding steroid dienone is 1. The van der Waals surface area contributed by atoms with Gasteiger partial charge in [-0.3, -0.25) is 9.59 Å². The number of hydrogen-bond donors (Lipinski definition) is 3. The minimum absolute atomic E-state index is 0.0400. The third-order valence-electron chi connectivity index (χ3n) is 7.31. The third kappa shape index (κ3) is 2.46. The first-order chi connectivity index (χ1) is 17.3. The molecule has 182 valence electrons. The van der Waals surface area contributed by atoms with Crippen molar-refractivity contribution in [3.8, 4) is 28.7 Å². The number of fused-ring (bicyclic) bond motifs is 1. The van der Waals surface area contributed by atoms with Gasteiger partial charge in [-0.2, -0.15) is 0 Å². The van der Waals surface area contributed by atoms with Crippen LogP contribution in [-0.2, 0) is 13.0 Å². The summed E-state index contributed by atoms with van der Waals surface area (Å²) in [6, 6.07) is 2.56. The lowest BCUT2D eigenvalue weighted by Gasteiger charge is -2.23. The highest BCUT2D eigenvalue weighted by Crippen LogP contribution is 2.55. The summed E-state index contributed by atoms with van der Waals surface area (Å²) in [5.41, 5.74) is 1.32. The quantitative estimate of drug-likeness (QED) is 0.259. The van der Waals surface area contributed by atoms with Crippen LogP contribution in [-0.4, -0.2) is 36.6 Å². The highest BCUT2D eigenvalue weighted by molar-refractivity contribution is 6.39. The van der Waals surface area contributed by atoms with Crippen molar-refractivity contribution >= 4 is 49.2 Å². The molecule has 0 unspecified atom stereocenters. The average Bonchev–Trinajstić information content (AvgIpc) is 3.00. The average molecular weight is 486 g/mol. The van der Waals surface area contributed by atoms with Crippen LogP contribution < -0.4 is 25.1 Å². The van der Waals surface area contributed by atoms with Crippen molar-refractivity contribution in [3.05, 3.63) is 54.8 Å². The van der Waals surface area contributed by atoms with Crippen molar-refractivity contribution in [1.29, 1.82) is 0 Å². The van der Waals surface area contributed by atoms with Crippen LogP contribution in [0.25, 0.3) is 49.2 Å². The van der Waals surface area contributed by atoms with Crippen LogP contribution in [0, 0.1) is 0 Å². The number of phenols is 2. The Morgan fingerprint density at radius 2 is 1.31 bits per heavy atom. The highest BCUT2D eigenvalue weighted by atomic mass is 16.5. The maximum absolute atomic E-state index is 13.3. The van der Waals surface area contributed by atoms with Gasteiger partial charge >= 0.3 is 0 Å². The molecule has 5 aromatic rings. The topological polar surface area (TPSA) is 123 Å². The van der Waals surface area contributed by atoms with E-state index in [0.29, 0.717) is 49.9 Å². The van der Waals surface area contributed by atoms with Gasteiger partial charge in [0.2, 0.25) is 0 Å². The molecule has 36 heavy (non-hydrogen) atoms. The van der Waals surface area contributed by atoms with Gasteiger partial charge in [-0.15, -0.1) is 0 Å². The predicted molar refractivity (Wildman–Crippen MR) is 138 cm³/mol. The van der Waals surface area contributed by atoms with Crippen molar-refractivity contribution in [2.75, 3.05) is 21.3 Å². The Kier molecular flexibility index (Phi) is 4.53. The van der Waals surface area contributed by atoms with Crippen LogP contribution in [0.4, 0.5) is 0 Å². The fourth-order valence-electron chi connectivity index (χ4n) is 5.96. The lowest BCUT2D eigenvalue weighted by molar-refractivity contribution is 0.275. The monoisotopic (exact) mass is 486 g/mol. The molecule has 0 fully saturated rings. The minimum atomic E-state index is -0.496. The largest absolute Gasteiger partial charge is 0.507 e. The van der Waals surface area contributed by atoms with Gasteiger partial charge in [-0.1, -0.05) is 11.6 Å². The van der Waals surface area contributed by atoms with E-state index < -0.39 is 17.5 Å². The Hall–Kier alpha value is -4.30. The molecule has 0 bridgehead atoms. The van der Waals surface area contributed by atoms with Gasteiger partial charge in [-0.05, 0) is 24.3 Å². The Morgan fingerprint density at radius 1 is 0.750 bits per heavy atom. The van der Waals surface area contributed by atoms with Gasteiger partial charge in [0, 0.05) is 50.2 Å². The maximum Gasteiger partial charge on any atom is 0.194 e. The van der Waals surface area contributed by atoms with E-state index in [9.17, 15) is 24.9 Å². The van der Waals surface area contributed by atoms with Crippen LogP contribution in [0.15, 0.2) is 27.3 Å². The molecule has 0 heterocycles. The van der Waals surface area contributed by atoms with Crippen LogP contribution >= 0.6 is 0 Å². The molecule has 8 nitrogen and oxygen atoms in total. The van der Waals surface area contributed by atoms with Crippen molar-refractivity contribution in [2.24, 2.45) is 0 Å². The lowest BCUT2D eigenvalue weighted by Crippen LogP contribution is -2.10. The van der Waals surface area contributed by atoms with Gasteiger partial charge in [-0.25, -0.2) is 0 Å². The number of phenolic OH excluding ortho intramolecular Hbond substituents is 1. The molecule has 8 heteroatoms. The SMILES string of the molecule is COc1c(O)c2c(=O)cc(OC)c3c4c(OC)cc(=O)c5c(O)c(CO)c6c(c(c1C=C(C)C6)c23)c54. The molecule has 0 amide bonds. The van der Waals surface area contributed by atoms with E-state index in [2.05, 4.69) is 0 Å². The van der Waals surface area contributed by atoms with Gasteiger partial charge in [0.1, 0.15) is 17.2 Å². The molecule has 3 N–H and O–H groups in total. The maximum atomic E-state index is 13.3. The summed E-state index contributed by atoms with van der Waals surface area (Å²) in [7, 11) is 4.28. The van der Waals surface area contributed by atoms with E-state index >= 15 is 0 Å². The number of benzene rings is 5. The molecule has 0 aromatic heterocycles. The molecule has 1 aliphatic rings. The van der Waals surface area contributed by atoms with Crippen LogP contribution in [0.2, 0.25) is 0 Å². The van der Waals surface area contributed by atoms with E-state index in [1.807, 2.05) is 13.0 Å². The predicted octanol–water partition coefficient (Wildman–Crippen LogP) is 3.78. The second-order valence-corrected chi connectivity index (χ2v) is 9.08. The molecule has 6 rings (SSSR count). The van der Waals surface area contributed by atoms with Gasteiger partial charge < -0.3 is 29.5 Å². The standard InChI is InChI=1S/C28H22O8/c1-10-5-11-13(9-29)26(32)20-14(30)7-16(34-2)22-23-17(35-3)8-15(31)21-25(23)19(18(11)24(20)22)12(6-10)28(36-4)27(21)33/h6-8,29,32-33H,5,9H2,1-4H3. The zero-order valence-electron chi connectivity index (χ0n) is 20.0. The number of ether oxygens (including phenoxy) is 3. The van der Waals surface area contributed by atoms with Crippen molar-refractivity contribution in [2.45, 2.75) is 20.0 Å². The summed E-state index contributed by atoms with van der Waals surface area (Å²) >= 11 is 0. The van der Waals surface area contributed by atoms with E-state index in [1.165, 1.54) is 33.5 Å². The first kappa shape index (κ1) is 22.2. The number of aromatic hydroxyl groups is 2. The molecule has 1 aliphatic carbocycles. The highest BCUT2D eigenvalue weighted by Gasteiger charge is 2.32. The van der Waals surface area contributed by atoms with Gasteiger partial charge in [0.25, 0.3) is 0 Å². The summed E-state index contributed by atoms with van der Waals surface area (Å²) in [5, 5.41) is 35.9. The fourth-order valence-corrected chi connectivity index (χ4v) is 5.96. The molecule has 0 saturated carbocycles. The molecule has 0 radical (unpaired) electrons. The molecule has 0 spiro atoms. The van der Waals surface area contributed by atoms with Crippen LogP contribution in [0.1, 0.15) is 23.6 Å². The molecule has 0 atom stereocenters. The summed E-state index contributed by atoms with van der Waals surface area (Å²) in [5.74, 6) is 0.00785. The van der Waals surface area contributed by atoms with Crippen LogP contribution in [0.5, 0.6) is 28.7 Å². The molecule has 0 aliphatic heterocycles. The van der Waals surface area contributed by atoms with Crippen molar-refractivity contribution in [1.82, 2.24) is 0 Å². The summed E-state index contributed by atoms with van der Waals surface area (Å²) < 4.78 is 16.9. The number of aliphatic hydroxyl groups is 1. The number of rotatable bonds is 4. The number of hydrogen-bond acceptors (Lipinski definition) is 8. The number of methoxy groups -OCH3 is 3. The second kappa shape index (κ2) is 7.35. The Labute approximate surface area is 203 Å². The van der Waals surface area contributed by atoms with E-state index in [-0.39, 0.29) is 45.1 Å². The Balaban J connectivity index is 2.20. The molecule has 0 saturated heterocycles. The minimum Gasteiger partial charge on any atom is -0.507 e. The number of aliphatic hydroxyl groups excluding tert-OH is 1. The first-order valence-corrected chi connectivity index (χ1v) is 11.3. The zero-order chi connectivity index (χ0) is 25.6. The Morgan fingerprint density at radius 3 is 1.83 bits per heavy atom. The van der Waals surface area contributed by atoms with E-state index in [1.54, 1.807) is 0 Å². The van der Waals surface area contributed by atoms with E-state index in [0.717, 1.165) is 5.57 Å². The van der Waals surface area contributed by atoms with E-state index in [4.69, 9.17) is 14.2 Å². The van der Waals surface area contributed by atoms with Crippen LogP contribution in [0.3, 0.4) is 0 Å². The summed E-state index contributed by atoms with van der Waals surface area (Å²) in [6.45, 7) is 1.39.